The van der Waals surface area contributed by atoms with Crippen LogP contribution in [0.5, 0.6) is 5.75 Å². The number of carbonyl (C=O) groups is 3. The van der Waals surface area contributed by atoms with Gasteiger partial charge in [-0.2, -0.15) is 4.37 Å². The smallest absolute Gasteiger partial charge is 0.273 e. The van der Waals surface area contributed by atoms with Crippen LogP contribution in [-0.4, -0.2) is 40.2 Å². The van der Waals surface area contributed by atoms with Gasteiger partial charge in [0, 0.05) is 17.6 Å². The Kier molecular flexibility index (Phi) is 7.92. The first-order chi connectivity index (χ1) is 19.4. The lowest BCUT2D eigenvalue weighted by molar-refractivity contribution is -0.123. The Bertz CT molecular complexity index is 1570. The number of amides is 3. The number of anilines is 2. The fraction of sp³-hybridized carbons (Fsp3) is 0.276. The van der Waals surface area contributed by atoms with Crippen LogP contribution < -0.4 is 26.4 Å². The van der Waals surface area contributed by atoms with Crippen LogP contribution in [0, 0.1) is 0 Å². The number of fused-ring (bicyclic) bond motifs is 1. The van der Waals surface area contributed by atoms with Gasteiger partial charge in [-0.3, -0.25) is 24.3 Å². The maximum absolute atomic E-state index is 14.4. The summed E-state index contributed by atoms with van der Waals surface area (Å²) in [6, 6.07) is 15.0. The Labute approximate surface area is 235 Å². The van der Waals surface area contributed by atoms with Gasteiger partial charge in [-0.05, 0) is 60.3 Å². The topological polar surface area (TPSA) is 154 Å². The first kappa shape index (κ1) is 27.1. The van der Waals surface area contributed by atoms with Crippen LogP contribution >= 0.6 is 11.5 Å². The number of benzene rings is 2. The van der Waals surface area contributed by atoms with Crippen molar-refractivity contribution in [3.05, 3.63) is 76.9 Å². The van der Waals surface area contributed by atoms with Gasteiger partial charge < -0.3 is 21.5 Å². The Morgan fingerprint density at radius 3 is 2.58 bits per heavy atom. The van der Waals surface area contributed by atoms with Crippen molar-refractivity contribution in [2.45, 2.75) is 44.2 Å². The van der Waals surface area contributed by atoms with Gasteiger partial charge in [0.25, 0.3) is 11.8 Å². The van der Waals surface area contributed by atoms with Gasteiger partial charge in [0.15, 0.2) is 5.69 Å². The molecule has 1 saturated carbocycles. The normalized spacial score (nSPS) is 14.4. The number of pyridine rings is 1. The van der Waals surface area contributed by atoms with Gasteiger partial charge in [-0.15, -0.1) is 0 Å². The summed E-state index contributed by atoms with van der Waals surface area (Å²) in [5.74, 6) is -1.41. The van der Waals surface area contributed by atoms with E-state index in [0.29, 0.717) is 17.0 Å². The van der Waals surface area contributed by atoms with E-state index in [1.807, 2.05) is 24.3 Å². The summed E-state index contributed by atoms with van der Waals surface area (Å²) in [6.45, 7) is 0. The van der Waals surface area contributed by atoms with Crippen molar-refractivity contribution in [1.29, 1.82) is 0 Å². The molecule has 206 valence electrons. The Morgan fingerprint density at radius 1 is 1.07 bits per heavy atom. The summed E-state index contributed by atoms with van der Waals surface area (Å²) in [6.07, 6.45) is 6.62. The molecule has 1 unspecified atom stereocenters. The molecule has 0 radical (unpaired) electrons. The highest BCUT2D eigenvalue weighted by atomic mass is 32.1. The van der Waals surface area contributed by atoms with Gasteiger partial charge in [0.1, 0.15) is 16.7 Å². The third-order valence-corrected chi connectivity index (χ3v) is 7.97. The molecular weight excluding hydrogens is 528 g/mol. The van der Waals surface area contributed by atoms with E-state index in [1.165, 1.54) is 12.0 Å². The highest BCUT2D eigenvalue weighted by Crippen LogP contribution is 2.38. The van der Waals surface area contributed by atoms with E-state index < -0.39 is 17.9 Å². The van der Waals surface area contributed by atoms with E-state index in [4.69, 9.17) is 16.2 Å². The lowest BCUT2D eigenvalue weighted by atomic mass is 9.94. The van der Waals surface area contributed by atoms with Gasteiger partial charge in [0.05, 0.1) is 24.0 Å². The van der Waals surface area contributed by atoms with Crippen LogP contribution in [0.15, 0.2) is 60.8 Å². The number of nitrogen functional groups attached to an aromatic ring is 1. The van der Waals surface area contributed by atoms with Crippen molar-refractivity contribution >= 4 is 51.5 Å². The second-order valence-corrected chi connectivity index (χ2v) is 10.5. The quantitative estimate of drug-likeness (QED) is 0.293. The molecule has 5 rings (SSSR count). The second kappa shape index (κ2) is 11.7. The monoisotopic (exact) mass is 558 g/mol. The number of aromatic nitrogens is 2. The molecule has 3 amide bonds. The molecule has 0 aliphatic heterocycles. The summed E-state index contributed by atoms with van der Waals surface area (Å²) >= 11 is 0.762. The maximum Gasteiger partial charge on any atom is 0.273 e. The van der Waals surface area contributed by atoms with Crippen LogP contribution in [0.1, 0.15) is 63.9 Å². The van der Waals surface area contributed by atoms with E-state index in [9.17, 15) is 14.4 Å². The van der Waals surface area contributed by atoms with Crippen LogP contribution in [0.4, 0.5) is 11.4 Å². The van der Waals surface area contributed by atoms with Gasteiger partial charge in [-0.25, -0.2) is 0 Å². The van der Waals surface area contributed by atoms with Crippen molar-refractivity contribution < 1.29 is 19.1 Å². The third kappa shape index (κ3) is 5.32. The Morgan fingerprint density at radius 2 is 1.85 bits per heavy atom. The van der Waals surface area contributed by atoms with Crippen molar-refractivity contribution in [3.63, 3.8) is 0 Å². The van der Waals surface area contributed by atoms with E-state index in [-0.39, 0.29) is 28.2 Å². The zero-order chi connectivity index (χ0) is 28.2. The molecule has 1 aliphatic rings. The number of para-hydroxylation sites is 2. The molecule has 0 spiro atoms. The summed E-state index contributed by atoms with van der Waals surface area (Å²) < 4.78 is 9.64. The molecule has 11 heteroatoms. The van der Waals surface area contributed by atoms with Gasteiger partial charge in [0.2, 0.25) is 5.91 Å². The van der Waals surface area contributed by atoms with E-state index in [0.717, 1.165) is 54.5 Å². The standard InChI is InChI=1S/C29H30N6O4S/c1-39-22-12-6-5-11-21(22)35(29(38)26-23(30)24(27(31)36)34-40-26)25(28(37)33-19-9-3-2-4-10-19)18-13-14-20-17(16-18)8-7-15-32-20/h5-8,11-16,19,25H,2-4,9-10,30H2,1H3,(H2,31,36)(H,33,37). The van der Waals surface area contributed by atoms with Crippen molar-refractivity contribution in [3.8, 4) is 5.75 Å². The largest absolute Gasteiger partial charge is 0.495 e. The van der Waals surface area contributed by atoms with Gasteiger partial charge >= 0.3 is 0 Å². The Hall–Kier alpha value is -4.51. The molecule has 1 fully saturated rings. The second-order valence-electron chi connectivity index (χ2n) is 9.69. The molecule has 0 bridgehead atoms. The minimum atomic E-state index is -1.10. The predicted molar refractivity (Wildman–Crippen MR) is 154 cm³/mol. The number of primary amides is 1. The number of methoxy groups -OCH3 is 1. The van der Waals surface area contributed by atoms with E-state index in [1.54, 1.807) is 36.5 Å². The lowest BCUT2D eigenvalue weighted by Gasteiger charge is -2.34. The first-order valence-electron chi connectivity index (χ1n) is 13.1. The SMILES string of the molecule is COc1ccccc1N(C(=O)c1snc(C(N)=O)c1N)C(C(=O)NC1CCCCC1)c1ccc2ncccc2c1. The number of nitrogens with two attached hydrogens (primary N) is 2. The van der Waals surface area contributed by atoms with Crippen LogP contribution in [-0.2, 0) is 4.79 Å². The lowest BCUT2D eigenvalue weighted by Crippen LogP contribution is -2.47. The predicted octanol–water partition coefficient (Wildman–Crippen LogP) is 4.22. The molecule has 1 atom stereocenters. The molecule has 4 aromatic rings. The Balaban J connectivity index is 1.69. The number of hydrogen-bond donors (Lipinski definition) is 3. The molecular formula is C29H30N6O4S. The molecule has 2 aromatic carbocycles. The average Bonchev–Trinajstić information content (AvgIpc) is 3.37. The number of ether oxygens (including phenoxy) is 1. The van der Waals surface area contributed by atoms with Crippen LogP contribution in [0.2, 0.25) is 0 Å². The molecule has 2 aromatic heterocycles. The maximum atomic E-state index is 14.4. The van der Waals surface area contributed by atoms with Crippen molar-refractivity contribution in [2.24, 2.45) is 5.73 Å². The zero-order valence-electron chi connectivity index (χ0n) is 22.0. The van der Waals surface area contributed by atoms with Crippen molar-refractivity contribution in [1.82, 2.24) is 14.7 Å². The summed E-state index contributed by atoms with van der Waals surface area (Å²) in [5, 5.41) is 4.01. The third-order valence-electron chi connectivity index (χ3n) is 7.12. The summed E-state index contributed by atoms with van der Waals surface area (Å²) in [4.78, 5) is 46.2. The number of nitrogens with zero attached hydrogens (tertiary/aromatic N) is 3. The average molecular weight is 559 g/mol. The minimum absolute atomic E-state index is 0.00220. The fourth-order valence-corrected chi connectivity index (χ4v) is 5.88. The molecule has 40 heavy (non-hydrogen) atoms. The highest BCUT2D eigenvalue weighted by Gasteiger charge is 2.38. The molecule has 5 N–H and O–H groups in total. The van der Waals surface area contributed by atoms with Gasteiger partial charge in [-0.1, -0.05) is 43.5 Å². The molecule has 0 saturated heterocycles. The molecule has 1 aliphatic carbocycles. The minimum Gasteiger partial charge on any atom is -0.495 e. The fourth-order valence-electron chi connectivity index (χ4n) is 5.14. The number of nitrogens with one attached hydrogen (secondary N) is 1. The van der Waals surface area contributed by atoms with Crippen LogP contribution in [0.3, 0.4) is 0 Å². The summed E-state index contributed by atoms with van der Waals surface area (Å²) in [5.41, 5.74) is 13.0. The summed E-state index contributed by atoms with van der Waals surface area (Å²) in [7, 11) is 1.49. The molecule has 2 heterocycles. The zero-order valence-corrected chi connectivity index (χ0v) is 22.8. The van der Waals surface area contributed by atoms with E-state index >= 15 is 0 Å². The first-order valence-corrected chi connectivity index (χ1v) is 13.8. The number of hydrogen-bond acceptors (Lipinski definition) is 8. The molecule has 10 nitrogen and oxygen atoms in total. The van der Waals surface area contributed by atoms with Crippen LogP contribution in [0.25, 0.3) is 10.9 Å². The van der Waals surface area contributed by atoms with Crippen molar-refractivity contribution in [2.75, 3.05) is 17.7 Å². The van der Waals surface area contributed by atoms with E-state index in [2.05, 4.69) is 14.7 Å². The number of rotatable bonds is 8. The number of carbonyl (C=O) groups excluding carboxylic acids is 3. The highest BCUT2D eigenvalue weighted by molar-refractivity contribution is 7.09.